The van der Waals surface area contributed by atoms with E-state index in [1.54, 1.807) is 6.07 Å². The van der Waals surface area contributed by atoms with Gasteiger partial charge in [0, 0.05) is 6.54 Å². The number of rotatable bonds is 7. The average Bonchev–Trinajstić information content (AvgIpc) is 3.05. The van der Waals surface area contributed by atoms with Crippen molar-refractivity contribution in [2.45, 2.75) is 24.2 Å². The van der Waals surface area contributed by atoms with Crippen LogP contribution in [0.4, 0.5) is 0 Å². The first kappa shape index (κ1) is 14.1. The molecule has 0 unspecified atom stereocenters. The first-order chi connectivity index (χ1) is 9.12. The minimum Gasteiger partial charge on any atom is -0.343 e. The molecule has 0 aliphatic rings. The maximum Gasteiger partial charge on any atom is 0.250 e. The molecule has 2 N–H and O–H groups in total. The second-order valence-electron chi connectivity index (χ2n) is 3.73. The van der Waals surface area contributed by atoms with Crippen LogP contribution in [0.5, 0.6) is 0 Å². The van der Waals surface area contributed by atoms with Gasteiger partial charge in [-0.15, -0.1) is 11.3 Å². The standard InChI is InChI=1S/C10H14N4O3S2/c1-2-11-4-8-3-10(18-6-8)19(15,16)13-5-9-12-7-17-14-9/h3,6-7,11,13H,2,4-5H2,1H3. The normalized spacial score (nSPS) is 11.8. The molecule has 104 valence electrons. The van der Waals surface area contributed by atoms with E-state index in [1.807, 2.05) is 12.3 Å². The summed E-state index contributed by atoms with van der Waals surface area (Å²) in [5.74, 6) is 0.299. The summed E-state index contributed by atoms with van der Waals surface area (Å²) < 4.78 is 31.3. The SMILES string of the molecule is CCNCc1csc(S(=O)(=O)NCc2ncon2)c1. The van der Waals surface area contributed by atoms with Gasteiger partial charge in [-0.1, -0.05) is 12.1 Å². The zero-order chi connectivity index (χ0) is 13.7. The molecule has 7 nitrogen and oxygen atoms in total. The molecule has 0 fully saturated rings. The predicted octanol–water partition coefficient (Wildman–Crippen LogP) is 0.719. The van der Waals surface area contributed by atoms with Gasteiger partial charge in [0.25, 0.3) is 0 Å². The van der Waals surface area contributed by atoms with Crippen molar-refractivity contribution >= 4 is 21.4 Å². The molecule has 2 aromatic rings. The van der Waals surface area contributed by atoms with Gasteiger partial charge in [0.1, 0.15) is 4.21 Å². The van der Waals surface area contributed by atoms with Gasteiger partial charge in [-0.3, -0.25) is 0 Å². The van der Waals surface area contributed by atoms with Crippen molar-refractivity contribution in [3.05, 3.63) is 29.2 Å². The number of nitrogens with zero attached hydrogens (tertiary/aromatic N) is 2. The van der Waals surface area contributed by atoms with E-state index in [2.05, 4.69) is 24.7 Å². The van der Waals surface area contributed by atoms with Crippen molar-refractivity contribution < 1.29 is 12.9 Å². The zero-order valence-corrected chi connectivity index (χ0v) is 11.9. The second kappa shape index (κ2) is 6.24. The smallest absolute Gasteiger partial charge is 0.250 e. The third kappa shape index (κ3) is 3.83. The molecule has 0 saturated carbocycles. The third-order valence-electron chi connectivity index (χ3n) is 2.30. The van der Waals surface area contributed by atoms with Crippen molar-refractivity contribution in [1.82, 2.24) is 20.2 Å². The summed E-state index contributed by atoms with van der Waals surface area (Å²) in [4.78, 5) is 3.75. The van der Waals surface area contributed by atoms with Crippen LogP contribution in [0, 0.1) is 0 Å². The number of sulfonamides is 1. The van der Waals surface area contributed by atoms with Gasteiger partial charge >= 0.3 is 0 Å². The Labute approximate surface area is 115 Å². The van der Waals surface area contributed by atoms with Gasteiger partial charge in [0.15, 0.2) is 5.82 Å². The van der Waals surface area contributed by atoms with E-state index in [-0.39, 0.29) is 10.8 Å². The number of hydrogen-bond donors (Lipinski definition) is 2. The highest BCUT2D eigenvalue weighted by molar-refractivity contribution is 7.91. The lowest BCUT2D eigenvalue weighted by molar-refractivity contribution is 0.409. The first-order valence-electron chi connectivity index (χ1n) is 5.65. The van der Waals surface area contributed by atoms with E-state index < -0.39 is 10.0 Å². The minimum atomic E-state index is -3.52. The number of aromatic nitrogens is 2. The van der Waals surface area contributed by atoms with Crippen LogP contribution in [0.2, 0.25) is 0 Å². The third-order valence-corrected chi connectivity index (χ3v) is 5.19. The molecule has 0 radical (unpaired) electrons. The maximum atomic E-state index is 12.0. The van der Waals surface area contributed by atoms with Gasteiger partial charge in [0.2, 0.25) is 16.4 Å². The fraction of sp³-hybridized carbons (Fsp3) is 0.400. The van der Waals surface area contributed by atoms with Crippen LogP contribution in [-0.4, -0.2) is 25.1 Å². The largest absolute Gasteiger partial charge is 0.343 e. The number of thiophene rings is 1. The van der Waals surface area contributed by atoms with Gasteiger partial charge in [-0.05, 0) is 23.6 Å². The van der Waals surface area contributed by atoms with Gasteiger partial charge in [-0.2, -0.15) is 4.98 Å². The van der Waals surface area contributed by atoms with Crippen molar-refractivity contribution in [3.63, 3.8) is 0 Å². The molecular formula is C10H14N4O3S2. The van der Waals surface area contributed by atoms with Crippen LogP contribution in [0.25, 0.3) is 0 Å². The molecule has 0 aliphatic heterocycles. The monoisotopic (exact) mass is 302 g/mol. The Morgan fingerprint density at radius 3 is 2.95 bits per heavy atom. The molecule has 2 aromatic heterocycles. The lowest BCUT2D eigenvalue weighted by Gasteiger charge is -2.01. The van der Waals surface area contributed by atoms with Crippen molar-refractivity contribution in [2.24, 2.45) is 0 Å². The molecular weight excluding hydrogens is 288 g/mol. The maximum absolute atomic E-state index is 12.0. The summed E-state index contributed by atoms with van der Waals surface area (Å²) in [6, 6.07) is 1.66. The minimum absolute atomic E-state index is 0.0132. The summed E-state index contributed by atoms with van der Waals surface area (Å²) in [5, 5.41) is 8.51. The topological polar surface area (TPSA) is 97.1 Å². The van der Waals surface area contributed by atoms with E-state index in [9.17, 15) is 8.42 Å². The van der Waals surface area contributed by atoms with E-state index in [4.69, 9.17) is 0 Å². The molecule has 0 saturated heterocycles. The fourth-order valence-electron chi connectivity index (χ4n) is 1.36. The second-order valence-corrected chi connectivity index (χ2v) is 6.63. The Morgan fingerprint density at radius 2 is 2.26 bits per heavy atom. The molecule has 2 rings (SSSR count). The fourth-order valence-corrected chi connectivity index (χ4v) is 3.59. The lowest BCUT2D eigenvalue weighted by Crippen LogP contribution is -2.23. The summed E-state index contributed by atoms with van der Waals surface area (Å²) in [5.41, 5.74) is 0.951. The molecule has 9 heteroatoms. The molecule has 0 bridgehead atoms. The molecule has 0 aliphatic carbocycles. The Balaban J connectivity index is 2.00. The van der Waals surface area contributed by atoms with E-state index in [0.29, 0.717) is 12.4 Å². The summed E-state index contributed by atoms with van der Waals surface area (Å²) in [7, 11) is -3.52. The Morgan fingerprint density at radius 1 is 1.42 bits per heavy atom. The van der Waals surface area contributed by atoms with Crippen LogP contribution in [0.3, 0.4) is 0 Å². The van der Waals surface area contributed by atoms with Crippen LogP contribution >= 0.6 is 11.3 Å². The van der Waals surface area contributed by atoms with Crippen molar-refractivity contribution in [2.75, 3.05) is 6.54 Å². The van der Waals surface area contributed by atoms with Crippen LogP contribution < -0.4 is 10.0 Å². The number of hydrogen-bond acceptors (Lipinski definition) is 7. The highest BCUT2D eigenvalue weighted by Crippen LogP contribution is 2.20. The Kier molecular flexibility index (Phi) is 4.64. The molecule has 19 heavy (non-hydrogen) atoms. The molecule has 0 spiro atoms. The van der Waals surface area contributed by atoms with Crippen molar-refractivity contribution in [1.29, 1.82) is 0 Å². The van der Waals surface area contributed by atoms with Crippen LogP contribution in [0.15, 0.2) is 26.6 Å². The Hall–Kier alpha value is -1.29. The molecule has 0 atom stereocenters. The molecule has 0 amide bonds. The Bertz CT molecular complexity index is 607. The van der Waals surface area contributed by atoms with Gasteiger partial charge < -0.3 is 9.84 Å². The first-order valence-corrected chi connectivity index (χ1v) is 8.01. The average molecular weight is 302 g/mol. The van der Waals surface area contributed by atoms with Gasteiger partial charge in [-0.25, -0.2) is 13.1 Å². The highest BCUT2D eigenvalue weighted by atomic mass is 32.2. The summed E-state index contributed by atoms with van der Waals surface area (Å²) in [6.45, 7) is 3.51. The van der Waals surface area contributed by atoms with Crippen LogP contribution in [-0.2, 0) is 23.1 Å². The van der Waals surface area contributed by atoms with Crippen molar-refractivity contribution in [3.8, 4) is 0 Å². The van der Waals surface area contributed by atoms with E-state index in [1.165, 1.54) is 11.3 Å². The zero-order valence-electron chi connectivity index (χ0n) is 10.3. The predicted molar refractivity (Wildman–Crippen MR) is 70.0 cm³/mol. The molecule has 0 aromatic carbocycles. The van der Waals surface area contributed by atoms with Gasteiger partial charge in [0.05, 0.1) is 6.54 Å². The summed E-state index contributed by atoms with van der Waals surface area (Å²) in [6.07, 6.45) is 1.16. The highest BCUT2D eigenvalue weighted by Gasteiger charge is 2.17. The van der Waals surface area contributed by atoms with E-state index >= 15 is 0 Å². The lowest BCUT2D eigenvalue weighted by atomic mass is 10.3. The molecule has 2 heterocycles. The van der Waals surface area contributed by atoms with Crippen LogP contribution in [0.1, 0.15) is 18.3 Å². The number of nitrogens with one attached hydrogen (secondary N) is 2. The van der Waals surface area contributed by atoms with E-state index in [0.717, 1.165) is 18.5 Å². The quantitative estimate of drug-likeness (QED) is 0.782. The summed E-state index contributed by atoms with van der Waals surface area (Å²) >= 11 is 1.19.